The first kappa shape index (κ1) is 11.7. The molecule has 18 heavy (non-hydrogen) atoms. The van der Waals surface area contributed by atoms with E-state index in [0.717, 1.165) is 19.3 Å². The Morgan fingerprint density at radius 3 is 2.83 bits per heavy atom. The maximum atomic E-state index is 11.7. The molecule has 1 saturated heterocycles. The molecule has 1 aromatic rings. The molecule has 2 fully saturated rings. The number of aromatic amines is 1. The van der Waals surface area contributed by atoms with Crippen molar-refractivity contribution in [3.05, 3.63) is 32.6 Å². The second-order valence-electron chi connectivity index (χ2n) is 5.15. The third-order valence-corrected chi connectivity index (χ3v) is 3.77. The van der Waals surface area contributed by atoms with Gasteiger partial charge in [0.1, 0.15) is 6.23 Å². The van der Waals surface area contributed by atoms with E-state index in [0.29, 0.717) is 5.56 Å². The first-order chi connectivity index (χ1) is 8.56. The summed E-state index contributed by atoms with van der Waals surface area (Å²) in [6, 6.07) is 0. The molecule has 1 aromatic heterocycles. The van der Waals surface area contributed by atoms with Crippen LogP contribution in [0.15, 0.2) is 15.8 Å². The fraction of sp³-hybridized carbons (Fsp3) is 0.667. The molecule has 0 amide bonds. The Kier molecular flexibility index (Phi) is 2.64. The number of hydrogen-bond acceptors (Lipinski definition) is 4. The van der Waals surface area contributed by atoms with E-state index < -0.39 is 5.69 Å². The molecule has 1 aliphatic heterocycles. The van der Waals surface area contributed by atoms with Gasteiger partial charge in [0.15, 0.2) is 0 Å². The van der Waals surface area contributed by atoms with Gasteiger partial charge in [0.25, 0.3) is 5.56 Å². The fourth-order valence-corrected chi connectivity index (χ4v) is 2.56. The molecule has 6 heteroatoms. The summed E-state index contributed by atoms with van der Waals surface area (Å²) in [6.07, 6.45) is 3.36. The van der Waals surface area contributed by atoms with Crippen molar-refractivity contribution in [1.82, 2.24) is 9.55 Å². The average Bonchev–Trinajstić information content (AvgIpc) is 2.88. The lowest BCUT2D eigenvalue weighted by Crippen LogP contribution is -2.33. The second kappa shape index (κ2) is 4.07. The first-order valence-electron chi connectivity index (χ1n) is 6.22. The quantitative estimate of drug-likeness (QED) is 0.770. The number of aryl methyl sites for hydroxylation is 1. The highest BCUT2D eigenvalue weighted by Gasteiger charge is 2.46. The zero-order valence-electron chi connectivity index (χ0n) is 10.1. The lowest BCUT2D eigenvalue weighted by Gasteiger charge is -2.15. The summed E-state index contributed by atoms with van der Waals surface area (Å²) in [5.41, 5.74) is -0.302. The Morgan fingerprint density at radius 2 is 2.17 bits per heavy atom. The molecule has 2 aliphatic rings. The monoisotopic (exact) mass is 252 g/mol. The predicted octanol–water partition coefficient (Wildman–Crippen LogP) is -0.0966. The molecule has 4 atom stereocenters. The Morgan fingerprint density at radius 1 is 1.44 bits per heavy atom. The number of aromatic nitrogens is 2. The SMILES string of the molecule is Cc1cn(C2CCC(C3CC3O)O2)c(=O)[nH]c1=O. The molecule has 3 rings (SSSR count). The Hall–Kier alpha value is -1.40. The summed E-state index contributed by atoms with van der Waals surface area (Å²) >= 11 is 0. The number of ether oxygens (including phenoxy) is 1. The molecule has 0 radical (unpaired) electrons. The van der Waals surface area contributed by atoms with Gasteiger partial charge in [-0.05, 0) is 26.2 Å². The van der Waals surface area contributed by atoms with Gasteiger partial charge >= 0.3 is 5.69 Å². The molecular formula is C12H16N2O4. The van der Waals surface area contributed by atoms with Crippen molar-refractivity contribution in [1.29, 1.82) is 0 Å². The highest BCUT2D eigenvalue weighted by Crippen LogP contribution is 2.42. The first-order valence-corrected chi connectivity index (χ1v) is 6.22. The van der Waals surface area contributed by atoms with E-state index in [9.17, 15) is 14.7 Å². The summed E-state index contributed by atoms with van der Waals surface area (Å²) in [4.78, 5) is 25.3. The van der Waals surface area contributed by atoms with Gasteiger partial charge in [0, 0.05) is 17.7 Å². The molecule has 1 aliphatic carbocycles. The van der Waals surface area contributed by atoms with E-state index in [2.05, 4.69) is 4.98 Å². The second-order valence-corrected chi connectivity index (χ2v) is 5.15. The topological polar surface area (TPSA) is 84.3 Å². The van der Waals surface area contributed by atoms with Gasteiger partial charge < -0.3 is 9.84 Å². The van der Waals surface area contributed by atoms with Gasteiger partial charge in [-0.1, -0.05) is 0 Å². The number of hydrogen-bond donors (Lipinski definition) is 2. The highest BCUT2D eigenvalue weighted by molar-refractivity contribution is 5.02. The van der Waals surface area contributed by atoms with Crippen LogP contribution in [0.1, 0.15) is 31.1 Å². The van der Waals surface area contributed by atoms with E-state index in [-0.39, 0.29) is 29.9 Å². The van der Waals surface area contributed by atoms with Crippen LogP contribution in [0, 0.1) is 12.8 Å². The minimum absolute atomic E-state index is 0.0316. The maximum absolute atomic E-state index is 11.7. The normalized spacial score (nSPS) is 34.8. The summed E-state index contributed by atoms with van der Waals surface area (Å²) < 4.78 is 7.23. The minimum Gasteiger partial charge on any atom is -0.393 e. The highest BCUT2D eigenvalue weighted by atomic mass is 16.5. The number of nitrogens with one attached hydrogen (secondary N) is 1. The molecule has 0 spiro atoms. The minimum atomic E-state index is -0.437. The van der Waals surface area contributed by atoms with Crippen molar-refractivity contribution in [3.8, 4) is 0 Å². The van der Waals surface area contributed by atoms with Crippen molar-refractivity contribution in [3.63, 3.8) is 0 Å². The van der Waals surface area contributed by atoms with Gasteiger partial charge in [-0.15, -0.1) is 0 Å². The van der Waals surface area contributed by atoms with Crippen LogP contribution >= 0.6 is 0 Å². The van der Waals surface area contributed by atoms with Gasteiger partial charge in [-0.3, -0.25) is 14.3 Å². The van der Waals surface area contributed by atoms with Gasteiger partial charge in [0.05, 0.1) is 12.2 Å². The molecule has 98 valence electrons. The van der Waals surface area contributed by atoms with Crippen LogP contribution in [0.2, 0.25) is 0 Å². The van der Waals surface area contributed by atoms with E-state index in [4.69, 9.17) is 4.74 Å². The number of aliphatic hydroxyl groups excluding tert-OH is 1. The number of rotatable bonds is 2. The van der Waals surface area contributed by atoms with Crippen LogP contribution in [0.5, 0.6) is 0 Å². The molecule has 1 saturated carbocycles. The summed E-state index contributed by atoms with van der Waals surface area (Å²) in [5.74, 6) is 0.217. The van der Waals surface area contributed by atoms with Crippen molar-refractivity contribution in [2.75, 3.05) is 0 Å². The van der Waals surface area contributed by atoms with Crippen LogP contribution < -0.4 is 11.2 Å². The number of aliphatic hydroxyl groups is 1. The van der Waals surface area contributed by atoms with Crippen molar-refractivity contribution < 1.29 is 9.84 Å². The fourth-order valence-electron chi connectivity index (χ4n) is 2.56. The van der Waals surface area contributed by atoms with E-state index >= 15 is 0 Å². The van der Waals surface area contributed by atoms with Gasteiger partial charge in [-0.25, -0.2) is 4.79 Å². The van der Waals surface area contributed by atoms with Crippen molar-refractivity contribution in [2.24, 2.45) is 5.92 Å². The number of H-pyrrole nitrogens is 1. The smallest absolute Gasteiger partial charge is 0.330 e. The van der Waals surface area contributed by atoms with Crippen LogP contribution in [0.4, 0.5) is 0 Å². The predicted molar refractivity (Wildman–Crippen MR) is 63.3 cm³/mol. The van der Waals surface area contributed by atoms with Crippen LogP contribution in [-0.2, 0) is 4.74 Å². The third-order valence-electron chi connectivity index (χ3n) is 3.77. The zero-order chi connectivity index (χ0) is 12.9. The largest absolute Gasteiger partial charge is 0.393 e. The molecule has 2 heterocycles. The molecule has 6 nitrogen and oxygen atoms in total. The Labute approximate surface area is 103 Å². The lowest BCUT2D eigenvalue weighted by molar-refractivity contribution is -0.0166. The summed E-state index contributed by atoms with van der Waals surface area (Å²) in [5, 5.41) is 9.38. The van der Waals surface area contributed by atoms with Crippen LogP contribution in [0.3, 0.4) is 0 Å². The third kappa shape index (κ3) is 1.91. The van der Waals surface area contributed by atoms with E-state index in [1.165, 1.54) is 10.8 Å². The molecular weight excluding hydrogens is 236 g/mol. The van der Waals surface area contributed by atoms with Crippen molar-refractivity contribution in [2.45, 2.75) is 44.6 Å². The van der Waals surface area contributed by atoms with Gasteiger partial charge in [0.2, 0.25) is 0 Å². The Bertz CT molecular complexity index is 576. The average molecular weight is 252 g/mol. The van der Waals surface area contributed by atoms with E-state index in [1.54, 1.807) is 6.92 Å². The van der Waals surface area contributed by atoms with E-state index in [1.807, 2.05) is 0 Å². The number of nitrogens with zero attached hydrogens (tertiary/aromatic N) is 1. The van der Waals surface area contributed by atoms with Crippen molar-refractivity contribution >= 4 is 0 Å². The van der Waals surface area contributed by atoms with Crippen LogP contribution in [0.25, 0.3) is 0 Å². The molecule has 0 aromatic carbocycles. The lowest BCUT2D eigenvalue weighted by atomic mass is 10.1. The standard InChI is InChI=1S/C12H16N2O4/c1-6-5-14(12(17)13-11(6)16)10-3-2-9(18-10)7-4-8(7)15/h5,7-10,15H,2-4H2,1H3,(H,13,16,17). The zero-order valence-corrected chi connectivity index (χ0v) is 10.1. The van der Waals surface area contributed by atoms with Crippen LogP contribution in [-0.4, -0.2) is 26.9 Å². The maximum Gasteiger partial charge on any atom is 0.330 e. The summed E-state index contributed by atoms with van der Waals surface area (Å²) in [7, 11) is 0. The molecule has 2 N–H and O–H groups in total. The molecule has 4 unspecified atom stereocenters. The Balaban J connectivity index is 1.82. The summed E-state index contributed by atoms with van der Waals surface area (Å²) in [6.45, 7) is 1.66. The van der Waals surface area contributed by atoms with Gasteiger partial charge in [-0.2, -0.15) is 0 Å². The molecule has 0 bridgehead atoms.